The van der Waals surface area contributed by atoms with Crippen molar-refractivity contribution >= 4 is 6.09 Å². The highest BCUT2D eigenvalue weighted by atomic mass is 16.6. The Morgan fingerprint density at radius 2 is 1.95 bits per heavy atom. The third-order valence-electron chi connectivity index (χ3n) is 13.1. The average molecular weight is 578 g/mol. The third-order valence-corrected chi connectivity index (χ3v) is 13.1. The lowest BCUT2D eigenvalue weighted by Crippen LogP contribution is -2.49. The molecule has 6 rings (SSSR count). The zero-order valence-electron chi connectivity index (χ0n) is 26.8. The van der Waals surface area contributed by atoms with Crippen LogP contribution in [0.5, 0.6) is 0 Å². The van der Waals surface area contributed by atoms with Crippen LogP contribution in [0.15, 0.2) is 41.5 Å². The molecule has 1 aliphatic heterocycles. The molecule has 1 spiro atoms. The van der Waals surface area contributed by atoms with Gasteiger partial charge < -0.3 is 19.5 Å². The van der Waals surface area contributed by atoms with Crippen molar-refractivity contribution in [2.24, 2.45) is 40.9 Å². The summed E-state index contributed by atoms with van der Waals surface area (Å²) in [6.07, 6.45) is 11.1. The van der Waals surface area contributed by atoms with Crippen molar-refractivity contribution < 1.29 is 19.4 Å². The predicted octanol–water partition coefficient (Wildman–Crippen LogP) is 8.16. The van der Waals surface area contributed by atoms with Gasteiger partial charge in [0, 0.05) is 12.5 Å². The van der Waals surface area contributed by atoms with Crippen molar-refractivity contribution in [3.05, 3.63) is 47.0 Å². The Morgan fingerprint density at radius 3 is 2.71 bits per heavy atom. The monoisotopic (exact) mass is 577 g/mol. The molecule has 0 bridgehead atoms. The zero-order chi connectivity index (χ0) is 29.6. The van der Waals surface area contributed by atoms with E-state index in [1.807, 2.05) is 35.2 Å². The SMILES string of the molecule is CC[C@H](C)CN(C(=O)OCc1ccccc1)[C@@H]1CO[C@]2(CC[C@@H]3C(=C(C)C2)C[C@H]2[C@H]3CC[C@@H]3C[C@@H](O)CC[C@@]32C)[C@@H]1C. The highest BCUT2D eigenvalue weighted by Gasteiger charge is 2.58. The van der Waals surface area contributed by atoms with Crippen LogP contribution in [0.4, 0.5) is 4.79 Å². The van der Waals surface area contributed by atoms with Crippen molar-refractivity contribution in [3.63, 3.8) is 0 Å². The van der Waals surface area contributed by atoms with Gasteiger partial charge in [-0.05, 0) is 105 Å². The van der Waals surface area contributed by atoms with Gasteiger partial charge in [0.15, 0.2) is 0 Å². The first-order valence-electron chi connectivity index (χ1n) is 17.1. The molecule has 1 N–H and O–H groups in total. The first-order valence-corrected chi connectivity index (χ1v) is 17.1. The lowest BCUT2D eigenvalue weighted by atomic mass is 9.52. The molecule has 4 aliphatic carbocycles. The summed E-state index contributed by atoms with van der Waals surface area (Å²) >= 11 is 0. The summed E-state index contributed by atoms with van der Waals surface area (Å²) in [5, 5.41) is 10.4. The number of benzene rings is 1. The number of allylic oxidation sites excluding steroid dienone is 1. The zero-order valence-corrected chi connectivity index (χ0v) is 26.8. The normalized spacial score (nSPS) is 40.2. The van der Waals surface area contributed by atoms with E-state index in [-0.39, 0.29) is 29.8 Å². The maximum Gasteiger partial charge on any atom is 0.410 e. The largest absolute Gasteiger partial charge is 0.445 e. The molecule has 10 atom stereocenters. The van der Waals surface area contributed by atoms with Crippen LogP contribution < -0.4 is 0 Å². The molecule has 232 valence electrons. The van der Waals surface area contributed by atoms with Crippen LogP contribution in [0.2, 0.25) is 0 Å². The maximum absolute atomic E-state index is 13.6. The molecule has 3 saturated carbocycles. The van der Waals surface area contributed by atoms with E-state index in [4.69, 9.17) is 9.47 Å². The van der Waals surface area contributed by atoms with E-state index in [0.717, 1.165) is 49.5 Å². The molecular formula is C37H55NO4. The minimum atomic E-state index is -0.206. The van der Waals surface area contributed by atoms with Gasteiger partial charge in [-0.3, -0.25) is 0 Å². The fourth-order valence-electron chi connectivity index (χ4n) is 10.2. The molecule has 1 amide bonds. The summed E-state index contributed by atoms with van der Waals surface area (Å²) < 4.78 is 12.8. The van der Waals surface area contributed by atoms with Crippen LogP contribution >= 0.6 is 0 Å². The van der Waals surface area contributed by atoms with E-state index < -0.39 is 0 Å². The Balaban J connectivity index is 1.19. The molecule has 1 saturated heterocycles. The second-order valence-electron chi connectivity index (χ2n) is 15.2. The van der Waals surface area contributed by atoms with Crippen molar-refractivity contribution in [1.82, 2.24) is 4.90 Å². The molecule has 1 aromatic rings. The maximum atomic E-state index is 13.6. The van der Waals surface area contributed by atoms with Gasteiger partial charge in [0.1, 0.15) is 6.61 Å². The van der Waals surface area contributed by atoms with Gasteiger partial charge in [-0.1, -0.05) is 75.6 Å². The summed E-state index contributed by atoms with van der Waals surface area (Å²) in [6, 6.07) is 10.0. The van der Waals surface area contributed by atoms with Gasteiger partial charge in [0.2, 0.25) is 0 Å². The molecule has 1 heterocycles. The number of carbonyl (C=O) groups is 1. The van der Waals surface area contributed by atoms with Crippen LogP contribution in [-0.4, -0.2) is 47.0 Å². The molecule has 1 aromatic carbocycles. The molecule has 5 nitrogen and oxygen atoms in total. The Bertz CT molecular complexity index is 1150. The second kappa shape index (κ2) is 11.9. The number of carbonyl (C=O) groups excluding carboxylic acids is 1. The Kier molecular flexibility index (Phi) is 8.56. The van der Waals surface area contributed by atoms with E-state index in [1.165, 1.54) is 32.1 Å². The molecular weight excluding hydrogens is 522 g/mol. The first-order chi connectivity index (χ1) is 20.1. The van der Waals surface area contributed by atoms with Gasteiger partial charge in [-0.15, -0.1) is 0 Å². The number of hydrogen-bond acceptors (Lipinski definition) is 4. The Hall–Kier alpha value is -1.85. The molecule has 0 unspecified atom stereocenters. The predicted molar refractivity (Wildman–Crippen MR) is 167 cm³/mol. The number of fused-ring (bicyclic) bond motifs is 5. The van der Waals surface area contributed by atoms with Gasteiger partial charge >= 0.3 is 6.09 Å². The first kappa shape index (κ1) is 30.2. The fraction of sp³-hybridized carbons (Fsp3) is 0.757. The lowest BCUT2D eigenvalue weighted by molar-refractivity contribution is -0.0700. The smallest absolute Gasteiger partial charge is 0.410 e. The van der Waals surface area contributed by atoms with E-state index >= 15 is 0 Å². The minimum Gasteiger partial charge on any atom is -0.445 e. The van der Waals surface area contributed by atoms with Gasteiger partial charge in [0.05, 0.1) is 24.4 Å². The van der Waals surface area contributed by atoms with Gasteiger partial charge in [-0.25, -0.2) is 4.79 Å². The van der Waals surface area contributed by atoms with Crippen LogP contribution in [0.25, 0.3) is 0 Å². The summed E-state index contributed by atoms with van der Waals surface area (Å²) in [6.45, 7) is 13.3. The van der Waals surface area contributed by atoms with Crippen molar-refractivity contribution in [2.75, 3.05) is 13.2 Å². The molecule has 0 aromatic heterocycles. The molecule has 42 heavy (non-hydrogen) atoms. The number of nitrogens with zero attached hydrogens (tertiary/aromatic N) is 1. The number of hydrogen-bond donors (Lipinski definition) is 1. The fourth-order valence-corrected chi connectivity index (χ4v) is 10.2. The quantitative estimate of drug-likeness (QED) is 0.347. The van der Waals surface area contributed by atoms with E-state index in [0.29, 0.717) is 42.9 Å². The number of aliphatic hydroxyl groups excluding tert-OH is 1. The Morgan fingerprint density at radius 1 is 1.17 bits per heavy atom. The summed E-state index contributed by atoms with van der Waals surface area (Å²) in [4.78, 5) is 15.6. The van der Waals surface area contributed by atoms with Crippen LogP contribution in [0.1, 0.15) is 104 Å². The standard InChI is InChI=1S/C37H55NO4/c1-6-24(2)21-38(35(40)41-22-27-10-8-7-9-11-27)34-23-42-37(26(34)4)17-15-30-31-13-12-28-18-29(39)14-16-36(28,5)33(31)19-32(30)25(3)20-37/h7-11,24,26,28-31,33-34,39H,6,12-23H2,1-5H3/t24-,26+,28+,29-,30-,31-,33-,34+,36-,37-/m0/s1. The highest BCUT2D eigenvalue weighted by molar-refractivity contribution is 5.68. The van der Waals surface area contributed by atoms with E-state index in [9.17, 15) is 9.90 Å². The van der Waals surface area contributed by atoms with Gasteiger partial charge in [-0.2, -0.15) is 0 Å². The highest BCUT2D eigenvalue weighted by Crippen LogP contribution is 2.65. The number of amides is 1. The second-order valence-corrected chi connectivity index (χ2v) is 15.2. The van der Waals surface area contributed by atoms with Crippen LogP contribution in [0, 0.1) is 40.9 Å². The summed E-state index contributed by atoms with van der Waals surface area (Å²) in [5.74, 6) is 3.58. The average Bonchev–Trinajstić information content (AvgIpc) is 3.48. The number of aliphatic hydroxyl groups is 1. The summed E-state index contributed by atoms with van der Waals surface area (Å²) in [5.41, 5.74) is 4.51. The topological polar surface area (TPSA) is 59.0 Å². The van der Waals surface area contributed by atoms with E-state index in [2.05, 4.69) is 34.6 Å². The Labute approximate surface area is 254 Å². The lowest BCUT2D eigenvalue weighted by Gasteiger charge is -2.53. The number of ether oxygens (including phenoxy) is 2. The van der Waals surface area contributed by atoms with Crippen LogP contribution in [-0.2, 0) is 16.1 Å². The third kappa shape index (κ3) is 5.36. The van der Waals surface area contributed by atoms with E-state index in [1.54, 1.807) is 11.1 Å². The van der Waals surface area contributed by atoms with Crippen molar-refractivity contribution in [1.29, 1.82) is 0 Å². The number of rotatable bonds is 6. The molecule has 4 fully saturated rings. The van der Waals surface area contributed by atoms with Gasteiger partial charge in [0.25, 0.3) is 0 Å². The molecule has 5 aliphatic rings. The van der Waals surface area contributed by atoms with Crippen molar-refractivity contribution in [2.45, 2.75) is 123 Å². The van der Waals surface area contributed by atoms with Crippen molar-refractivity contribution in [3.8, 4) is 0 Å². The minimum absolute atomic E-state index is 0.0359. The molecule has 5 heteroatoms. The molecule has 0 radical (unpaired) electrons. The summed E-state index contributed by atoms with van der Waals surface area (Å²) in [7, 11) is 0. The van der Waals surface area contributed by atoms with Crippen LogP contribution in [0.3, 0.4) is 0 Å².